The number of methoxy groups -OCH3 is 1. The summed E-state index contributed by atoms with van der Waals surface area (Å²) in [5.74, 6) is 0.199. The Labute approximate surface area is 137 Å². The largest absolute Gasteiger partial charge is 0.495 e. The second-order valence-corrected chi connectivity index (χ2v) is 7.46. The molecule has 0 aliphatic heterocycles. The molecule has 4 N–H and O–H groups in total. The van der Waals surface area contributed by atoms with Crippen LogP contribution >= 0.6 is 0 Å². The van der Waals surface area contributed by atoms with Gasteiger partial charge in [0.2, 0.25) is 10.0 Å². The standard InChI is InChI=1S/C15H25N3O4S/c1-10(2)7-12(9-16)18-15(19)11-5-6-13(22-4)14(8-11)23(20,21)17-3/h5-6,8,10,12,17H,7,9,16H2,1-4H3,(H,18,19). The smallest absolute Gasteiger partial charge is 0.251 e. The van der Waals surface area contributed by atoms with E-state index in [9.17, 15) is 13.2 Å². The lowest BCUT2D eigenvalue weighted by atomic mass is 10.0. The highest BCUT2D eigenvalue weighted by Crippen LogP contribution is 2.24. The predicted octanol–water partition coefficient (Wildman–Crippen LogP) is 0.707. The lowest BCUT2D eigenvalue weighted by Crippen LogP contribution is -2.41. The maximum atomic E-state index is 12.3. The van der Waals surface area contributed by atoms with Crippen LogP contribution in [0.15, 0.2) is 23.1 Å². The van der Waals surface area contributed by atoms with E-state index >= 15 is 0 Å². The van der Waals surface area contributed by atoms with Crippen LogP contribution in [-0.4, -0.2) is 41.1 Å². The van der Waals surface area contributed by atoms with Crippen molar-refractivity contribution in [2.45, 2.75) is 31.2 Å². The number of ether oxygens (including phenoxy) is 1. The number of nitrogens with two attached hydrogens (primary N) is 1. The van der Waals surface area contributed by atoms with Crippen LogP contribution < -0.4 is 20.5 Å². The molecule has 0 radical (unpaired) electrons. The molecule has 23 heavy (non-hydrogen) atoms. The van der Waals surface area contributed by atoms with Gasteiger partial charge in [-0.2, -0.15) is 0 Å². The van der Waals surface area contributed by atoms with Gasteiger partial charge in [0.1, 0.15) is 10.6 Å². The summed E-state index contributed by atoms with van der Waals surface area (Å²) in [4.78, 5) is 12.3. The van der Waals surface area contributed by atoms with Crippen LogP contribution in [0.4, 0.5) is 0 Å². The number of carbonyl (C=O) groups is 1. The Hall–Kier alpha value is -1.64. The minimum Gasteiger partial charge on any atom is -0.495 e. The molecule has 130 valence electrons. The fourth-order valence-corrected chi connectivity index (χ4v) is 3.11. The zero-order chi connectivity index (χ0) is 17.6. The van der Waals surface area contributed by atoms with E-state index in [-0.39, 0.29) is 28.2 Å². The number of rotatable bonds is 8. The van der Waals surface area contributed by atoms with Gasteiger partial charge in [-0.3, -0.25) is 4.79 Å². The van der Waals surface area contributed by atoms with Gasteiger partial charge in [0.25, 0.3) is 5.91 Å². The van der Waals surface area contributed by atoms with Crippen molar-refractivity contribution in [3.63, 3.8) is 0 Å². The van der Waals surface area contributed by atoms with Crippen LogP contribution in [0.2, 0.25) is 0 Å². The fraction of sp³-hybridized carbons (Fsp3) is 0.533. The molecule has 0 aliphatic carbocycles. The van der Waals surface area contributed by atoms with E-state index in [2.05, 4.69) is 10.0 Å². The normalized spacial score (nSPS) is 13.0. The Kier molecular flexibility index (Phi) is 6.99. The van der Waals surface area contributed by atoms with Crippen LogP contribution in [0.5, 0.6) is 5.75 Å². The third-order valence-corrected chi connectivity index (χ3v) is 4.80. The summed E-state index contributed by atoms with van der Waals surface area (Å²) in [5.41, 5.74) is 5.91. The van der Waals surface area contributed by atoms with Crippen molar-refractivity contribution in [1.29, 1.82) is 0 Å². The second-order valence-electron chi connectivity index (χ2n) is 5.61. The first-order valence-electron chi connectivity index (χ1n) is 7.37. The molecule has 0 aromatic heterocycles. The highest BCUT2D eigenvalue weighted by Gasteiger charge is 2.21. The summed E-state index contributed by atoms with van der Waals surface area (Å²) in [7, 11) is -1.06. The summed E-state index contributed by atoms with van der Waals surface area (Å²) in [6.45, 7) is 4.40. The highest BCUT2D eigenvalue weighted by molar-refractivity contribution is 7.89. The molecule has 0 bridgehead atoms. The molecule has 0 saturated heterocycles. The van der Waals surface area contributed by atoms with Crippen molar-refractivity contribution in [3.05, 3.63) is 23.8 Å². The minimum atomic E-state index is -3.73. The summed E-state index contributed by atoms with van der Waals surface area (Å²) in [6, 6.07) is 4.11. The van der Waals surface area contributed by atoms with E-state index < -0.39 is 10.0 Å². The summed E-state index contributed by atoms with van der Waals surface area (Å²) in [6.07, 6.45) is 0.750. The van der Waals surface area contributed by atoms with Gasteiger partial charge in [-0.1, -0.05) is 13.8 Å². The molecule has 1 aromatic rings. The van der Waals surface area contributed by atoms with Crippen LogP contribution in [-0.2, 0) is 10.0 Å². The number of benzene rings is 1. The molecule has 0 fully saturated rings. The van der Waals surface area contributed by atoms with Crippen LogP contribution in [0.3, 0.4) is 0 Å². The number of nitrogens with one attached hydrogen (secondary N) is 2. The molecule has 0 saturated carbocycles. The van der Waals surface area contributed by atoms with Crippen molar-refractivity contribution in [1.82, 2.24) is 10.0 Å². The lowest BCUT2D eigenvalue weighted by Gasteiger charge is -2.19. The highest BCUT2D eigenvalue weighted by atomic mass is 32.2. The van der Waals surface area contributed by atoms with Crippen molar-refractivity contribution >= 4 is 15.9 Å². The Morgan fingerprint density at radius 1 is 1.35 bits per heavy atom. The molecule has 8 heteroatoms. The van der Waals surface area contributed by atoms with Gasteiger partial charge in [0.15, 0.2) is 0 Å². The molecule has 1 atom stereocenters. The zero-order valence-corrected chi connectivity index (χ0v) is 14.7. The minimum absolute atomic E-state index is 0.0803. The molecule has 0 spiro atoms. The lowest BCUT2D eigenvalue weighted by molar-refractivity contribution is 0.0933. The Bertz CT molecular complexity index is 644. The molecular formula is C15H25N3O4S. The average molecular weight is 343 g/mol. The summed E-state index contributed by atoms with van der Waals surface area (Å²) in [5, 5.41) is 2.83. The molecule has 1 amide bonds. The maximum Gasteiger partial charge on any atom is 0.251 e. The van der Waals surface area contributed by atoms with Crippen LogP contribution in [0.25, 0.3) is 0 Å². The Balaban J connectivity index is 3.09. The van der Waals surface area contributed by atoms with E-state index in [4.69, 9.17) is 10.5 Å². The SMILES string of the molecule is CNS(=O)(=O)c1cc(C(=O)NC(CN)CC(C)C)ccc1OC. The quantitative estimate of drug-likeness (QED) is 0.644. The van der Waals surface area contributed by atoms with E-state index in [1.165, 1.54) is 32.4 Å². The third kappa shape index (κ3) is 5.19. The van der Waals surface area contributed by atoms with E-state index in [1.807, 2.05) is 13.8 Å². The number of amides is 1. The van der Waals surface area contributed by atoms with Crippen molar-refractivity contribution < 1.29 is 17.9 Å². The van der Waals surface area contributed by atoms with Gasteiger partial charge in [-0.05, 0) is 37.6 Å². The van der Waals surface area contributed by atoms with E-state index in [1.54, 1.807) is 0 Å². The predicted molar refractivity (Wildman–Crippen MR) is 89.0 cm³/mol. The molecule has 1 rings (SSSR count). The van der Waals surface area contributed by atoms with Crippen LogP contribution in [0.1, 0.15) is 30.6 Å². The molecule has 0 heterocycles. The molecule has 1 unspecified atom stereocenters. The van der Waals surface area contributed by atoms with Gasteiger partial charge in [-0.25, -0.2) is 13.1 Å². The van der Waals surface area contributed by atoms with Gasteiger partial charge < -0.3 is 15.8 Å². The number of hydrogen-bond donors (Lipinski definition) is 3. The van der Waals surface area contributed by atoms with Crippen molar-refractivity contribution in [3.8, 4) is 5.75 Å². The Morgan fingerprint density at radius 2 is 2.00 bits per heavy atom. The van der Waals surface area contributed by atoms with Crippen molar-refractivity contribution in [2.24, 2.45) is 11.7 Å². The van der Waals surface area contributed by atoms with Gasteiger partial charge in [0, 0.05) is 18.2 Å². The number of hydrogen-bond acceptors (Lipinski definition) is 5. The topological polar surface area (TPSA) is 111 Å². The molecular weight excluding hydrogens is 318 g/mol. The van der Waals surface area contributed by atoms with Gasteiger partial charge in [-0.15, -0.1) is 0 Å². The fourth-order valence-electron chi connectivity index (χ4n) is 2.19. The monoisotopic (exact) mass is 343 g/mol. The van der Waals surface area contributed by atoms with Crippen molar-refractivity contribution in [2.75, 3.05) is 20.7 Å². The second kappa shape index (κ2) is 8.28. The molecule has 1 aromatic carbocycles. The first-order chi connectivity index (χ1) is 10.7. The number of sulfonamides is 1. The van der Waals surface area contributed by atoms with Gasteiger partial charge >= 0.3 is 0 Å². The Morgan fingerprint density at radius 3 is 2.48 bits per heavy atom. The van der Waals surface area contributed by atoms with E-state index in [0.717, 1.165) is 6.42 Å². The summed E-state index contributed by atoms with van der Waals surface area (Å²) >= 11 is 0. The average Bonchev–Trinajstić information content (AvgIpc) is 2.52. The summed E-state index contributed by atoms with van der Waals surface area (Å²) < 4.78 is 31.3. The zero-order valence-electron chi connectivity index (χ0n) is 13.9. The first-order valence-corrected chi connectivity index (χ1v) is 8.86. The first kappa shape index (κ1) is 19.4. The van der Waals surface area contributed by atoms with Crippen LogP contribution in [0, 0.1) is 5.92 Å². The maximum absolute atomic E-state index is 12.3. The van der Waals surface area contributed by atoms with E-state index in [0.29, 0.717) is 12.5 Å². The number of carbonyl (C=O) groups excluding carboxylic acids is 1. The van der Waals surface area contributed by atoms with Gasteiger partial charge in [0.05, 0.1) is 7.11 Å². The molecule has 0 aliphatic rings. The third-order valence-electron chi connectivity index (χ3n) is 3.36. The molecule has 7 nitrogen and oxygen atoms in total.